The van der Waals surface area contributed by atoms with E-state index in [0.29, 0.717) is 37.7 Å². The van der Waals surface area contributed by atoms with Crippen LogP contribution >= 0.6 is 0 Å². The molecule has 1 fully saturated rings. The monoisotopic (exact) mass is 376 g/mol. The van der Waals surface area contributed by atoms with Crippen LogP contribution in [0.2, 0.25) is 0 Å². The minimum absolute atomic E-state index is 0.0656. The highest BCUT2D eigenvalue weighted by atomic mass is 16.5. The largest absolute Gasteiger partial charge is 0.381 e. The highest BCUT2D eigenvalue weighted by molar-refractivity contribution is 5.94. The summed E-state index contributed by atoms with van der Waals surface area (Å²) in [6.45, 7) is 7.85. The fourth-order valence-electron chi connectivity index (χ4n) is 2.71. The standard InChI is InChI=1S/C20H32N4O3/c1-2-21-20(23-10-6-13-26-15-17-9-14-27-16-17)24-12-11-22-19(25)18-7-4-3-5-8-18/h3-5,7-8,17H,2,6,9-16H2,1H3,(H,22,25)(H2,21,23,24). The summed E-state index contributed by atoms with van der Waals surface area (Å²) in [6.07, 6.45) is 1.99. The summed E-state index contributed by atoms with van der Waals surface area (Å²) < 4.78 is 11.0. The number of hydrogen-bond donors (Lipinski definition) is 3. The number of rotatable bonds is 11. The number of ether oxygens (including phenoxy) is 2. The van der Waals surface area contributed by atoms with Gasteiger partial charge in [0.15, 0.2) is 5.96 Å². The van der Waals surface area contributed by atoms with Gasteiger partial charge in [0.1, 0.15) is 0 Å². The molecule has 2 rings (SSSR count). The van der Waals surface area contributed by atoms with E-state index < -0.39 is 0 Å². The molecule has 1 aliphatic rings. The van der Waals surface area contributed by atoms with Crippen molar-refractivity contribution in [3.63, 3.8) is 0 Å². The maximum Gasteiger partial charge on any atom is 0.251 e. The zero-order valence-corrected chi connectivity index (χ0v) is 16.2. The summed E-state index contributed by atoms with van der Waals surface area (Å²) in [6, 6.07) is 9.21. The number of nitrogens with zero attached hydrogens (tertiary/aromatic N) is 1. The van der Waals surface area contributed by atoms with E-state index in [1.807, 2.05) is 25.1 Å². The van der Waals surface area contributed by atoms with Crippen LogP contribution in [-0.4, -0.2) is 64.5 Å². The lowest BCUT2D eigenvalue weighted by Gasteiger charge is -2.12. The Hall–Kier alpha value is -2.12. The van der Waals surface area contributed by atoms with Gasteiger partial charge in [-0.3, -0.25) is 9.79 Å². The Morgan fingerprint density at radius 3 is 2.78 bits per heavy atom. The Morgan fingerprint density at radius 2 is 2.04 bits per heavy atom. The van der Waals surface area contributed by atoms with Gasteiger partial charge < -0.3 is 25.4 Å². The fraction of sp³-hybridized carbons (Fsp3) is 0.600. The van der Waals surface area contributed by atoms with Gasteiger partial charge in [-0.1, -0.05) is 18.2 Å². The molecule has 0 saturated carbocycles. The van der Waals surface area contributed by atoms with E-state index in [1.165, 1.54) is 0 Å². The molecule has 1 atom stereocenters. The van der Waals surface area contributed by atoms with Gasteiger partial charge >= 0.3 is 0 Å². The molecule has 0 spiro atoms. The average Bonchev–Trinajstić information content (AvgIpc) is 3.21. The smallest absolute Gasteiger partial charge is 0.251 e. The number of hydrogen-bond acceptors (Lipinski definition) is 4. The fourth-order valence-corrected chi connectivity index (χ4v) is 2.71. The molecule has 7 nitrogen and oxygen atoms in total. The van der Waals surface area contributed by atoms with Gasteiger partial charge in [-0.05, 0) is 31.9 Å². The van der Waals surface area contributed by atoms with Crippen LogP contribution in [0.3, 0.4) is 0 Å². The molecule has 7 heteroatoms. The first-order chi connectivity index (χ1) is 13.3. The third-order valence-corrected chi connectivity index (χ3v) is 4.18. The van der Waals surface area contributed by atoms with Gasteiger partial charge in [-0.15, -0.1) is 0 Å². The minimum atomic E-state index is -0.0656. The number of nitrogens with one attached hydrogen (secondary N) is 3. The molecule has 1 amide bonds. The third-order valence-electron chi connectivity index (χ3n) is 4.18. The molecule has 1 aliphatic heterocycles. The highest BCUT2D eigenvalue weighted by Crippen LogP contribution is 2.12. The second kappa shape index (κ2) is 13.1. The van der Waals surface area contributed by atoms with Crippen molar-refractivity contribution in [1.29, 1.82) is 0 Å². The topological polar surface area (TPSA) is 84.0 Å². The Kier molecular flexibility index (Phi) is 10.3. The molecule has 1 aromatic carbocycles. The Bertz CT molecular complexity index is 560. The molecular formula is C20H32N4O3. The molecule has 0 aliphatic carbocycles. The first kappa shape index (κ1) is 21.2. The second-order valence-electron chi connectivity index (χ2n) is 6.47. The summed E-state index contributed by atoms with van der Waals surface area (Å²) in [4.78, 5) is 16.5. The van der Waals surface area contributed by atoms with Gasteiger partial charge in [0, 0.05) is 50.9 Å². The molecule has 27 heavy (non-hydrogen) atoms. The molecule has 1 unspecified atom stereocenters. The van der Waals surface area contributed by atoms with Crippen molar-refractivity contribution in [2.24, 2.45) is 10.9 Å². The maximum atomic E-state index is 12.0. The van der Waals surface area contributed by atoms with Crippen LogP contribution in [0.25, 0.3) is 0 Å². The summed E-state index contributed by atoms with van der Waals surface area (Å²) >= 11 is 0. The van der Waals surface area contributed by atoms with Crippen LogP contribution in [0.5, 0.6) is 0 Å². The quantitative estimate of drug-likeness (QED) is 0.309. The molecule has 0 bridgehead atoms. The van der Waals surface area contributed by atoms with Crippen molar-refractivity contribution in [1.82, 2.24) is 16.0 Å². The lowest BCUT2D eigenvalue weighted by atomic mass is 10.1. The lowest BCUT2D eigenvalue weighted by Crippen LogP contribution is -2.41. The van der Waals surface area contributed by atoms with Crippen LogP contribution in [0.15, 0.2) is 35.3 Å². The lowest BCUT2D eigenvalue weighted by molar-refractivity contribution is 0.0893. The molecule has 1 heterocycles. The Balaban J connectivity index is 1.56. The first-order valence-corrected chi connectivity index (χ1v) is 9.80. The zero-order chi connectivity index (χ0) is 19.2. The predicted molar refractivity (Wildman–Crippen MR) is 107 cm³/mol. The Labute approximate surface area is 161 Å². The van der Waals surface area contributed by atoms with Crippen molar-refractivity contribution in [2.45, 2.75) is 19.8 Å². The van der Waals surface area contributed by atoms with E-state index in [4.69, 9.17) is 9.47 Å². The van der Waals surface area contributed by atoms with Crippen LogP contribution in [-0.2, 0) is 9.47 Å². The summed E-state index contributed by atoms with van der Waals surface area (Å²) in [7, 11) is 0. The summed E-state index contributed by atoms with van der Waals surface area (Å²) in [5.41, 5.74) is 0.669. The van der Waals surface area contributed by atoms with E-state index in [9.17, 15) is 4.79 Å². The number of guanidine groups is 1. The number of carbonyl (C=O) groups is 1. The molecular weight excluding hydrogens is 344 g/mol. The van der Waals surface area contributed by atoms with Gasteiger partial charge in [-0.25, -0.2) is 0 Å². The van der Waals surface area contributed by atoms with Crippen LogP contribution in [0.1, 0.15) is 30.1 Å². The van der Waals surface area contributed by atoms with Gasteiger partial charge in [0.05, 0.1) is 13.2 Å². The van der Waals surface area contributed by atoms with E-state index in [-0.39, 0.29) is 5.91 Å². The first-order valence-electron chi connectivity index (χ1n) is 9.80. The molecule has 1 saturated heterocycles. The third kappa shape index (κ3) is 8.88. The predicted octanol–water partition coefficient (Wildman–Crippen LogP) is 1.41. The van der Waals surface area contributed by atoms with Gasteiger partial charge in [0.2, 0.25) is 0 Å². The number of aliphatic imine (C=N–C) groups is 1. The molecule has 150 valence electrons. The van der Waals surface area contributed by atoms with Crippen molar-refractivity contribution in [2.75, 3.05) is 52.6 Å². The zero-order valence-electron chi connectivity index (χ0n) is 16.2. The van der Waals surface area contributed by atoms with Crippen LogP contribution in [0.4, 0.5) is 0 Å². The molecule has 1 aromatic rings. The Morgan fingerprint density at radius 1 is 1.22 bits per heavy atom. The van der Waals surface area contributed by atoms with E-state index in [2.05, 4.69) is 20.9 Å². The van der Waals surface area contributed by atoms with Crippen molar-refractivity contribution < 1.29 is 14.3 Å². The van der Waals surface area contributed by atoms with Gasteiger partial charge in [-0.2, -0.15) is 0 Å². The molecule has 0 aromatic heterocycles. The number of carbonyl (C=O) groups excluding carboxylic acids is 1. The van der Waals surface area contributed by atoms with Gasteiger partial charge in [0.25, 0.3) is 5.91 Å². The van der Waals surface area contributed by atoms with E-state index in [0.717, 1.165) is 45.2 Å². The van der Waals surface area contributed by atoms with E-state index >= 15 is 0 Å². The maximum absolute atomic E-state index is 12.0. The minimum Gasteiger partial charge on any atom is -0.381 e. The second-order valence-corrected chi connectivity index (χ2v) is 6.47. The summed E-state index contributed by atoms with van der Waals surface area (Å²) in [5, 5.41) is 9.33. The van der Waals surface area contributed by atoms with Crippen LogP contribution < -0.4 is 16.0 Å². The average molecular weight is 377 g/mol. The van der Waals surface area contributed by atoms with Crippen LogP contribution in [0, 0.1) is 5.92 Å². The highest BCUT2D eigenvalue weighted by Gasteiger charge is 2.15. The summed E-state index contributed by atoms with van der Waals surface area (Å²) in [5.74, 6) is 1.25. The van der Waals surface area contributed by atoms with E-state index in [1.54, 1.807) is 12.1 Å². The SMILES string of the molecule is CCNC(=NCCCOCC1CCOC1)NCCNC(=O)c1ccccc1. The van der Waals surface area contributed by atoms with Crippen molar-refractivity contribution >= 4 is 11.9 Å². The number of benzene rings is 1. The normalized spacial score (nSPS) is 16.9. The number of amides is 1. The molecule has 0 radical (unpaired) electrons. The van der Waals surface area contributed by atoms with Crippen molar-refractivity contribution in [3.8, 4) is 0 Å². The molecule has 3 N–H and O–H groups in total. The van der Waals surface area contributed by atoms with Crippen molar-refractivity contribution in [3.05, 3.63) is 35.9 Å².